The smallest absolute Gasteiger partial charge is 0.272 e. The number of aromatic nitrogens is 2. The Morgan fingerprint density at radius 3 is 2.92 bits per heavy atom. The van der Waals surface area contributed by atoms with Gasteiger partial charge in [0.05, 0.1) is 6.04 Å². The number of nitrogens with zero attached hydrogens (tertiary/aromatic N) is 1. The molecule has 1 aromatic carbocycles. The van der Waals surface area contributed by atoms with E-state index in [0.717, 1.165) is 41.3 Å². The summed E-state index contributed by atoms with van der Waals surface area (Å²) in [5, 5.41) is 13.4. The number of rotatable bonds is 3. The van der Waals surface area contributed by atoms with Crippen LogP contribution >= 0.6 is 12.4 Å². The lowest BCUT2D eigenvalue weighted by molar-refractivity contribution is 0.0933. The highest BCUT2D eigenvalue weighted by Gasteiger charge is 2.23. The molecule has 8 heteroatoms. The first kappa shape index (κ1) is 17.6. The van der Waals surface area contributed by atoms with E-state index in [1.54, 1.807) is 0 Å². The van der Waals surface area contributed by atoms with Gasteiger partial charge in [-0.3, -0.25) is 9.89 Å². The average molecular weight is 365 g/mol. The van der Waals surface area contributed by atoms with Crippen molar-refractivity contribution in [2.45, 2.75) is 25.9 Å². The van der Waals surface area contributed by atoms with Crippen molar-refractivity contribution in [1.29, 1.82) is 0 Å². The van der Waals surface area contributed by atoms with Crippen molar-refractivity contribution in [3.05, 3.63) is 40.7 Å². The number of amides is 1. The Hall–Kier alpha value is -2.25. The van der Waals surface area contributed by atoms with Crippen LogP contribution < -0.4 is 20.1 Å². The number of benzene rings is 1. The highest BCUT2D eigenvalue weighted by atomic mass is 35.5. The summed E-state index contributed by atoms with van der Waals surface area (Å²) in [5.41, 5.74) is 3.45. The van der Waals surface area contributed by atoms with Crippen molar-refractivity contribution in [3.8, 4) is 11.5 Å². The minimum absolute atomic E-state index is 0. The van der Waals surface area contributed by atoms with E-state index in [2.05, 4.69) is 20.8 Å². The summed E-state index contributed by atoms with van der Waals surface area (Å²) >= 11 is 0. The van der Waals surface area contributed by atoms with Gasteiger partial charge >= 0.3 is 0 Å². The second-order valence-electron chi connectivity index (χ2n) is 6.05. The third-order valence-electron chi connectivity index (χ3n) is 4.44. The predicted molar refractivity (Wildman–Crippen MR) is 94.6 cm³/mol. The van der Waals surface area contributed by atoms with Crippen LogP contribution in [0.25, 0.3) is 0 Å². The van der Waals surface area contributed by atoms with Crippen LogP contribution in [0, 0.1) is 0 Å². The number of halogens is 1. The van der Waals surface area contributed by atoms with E-state index >= 15 is 0 Å². The molecule has 0 spiro atoms. The molecule has 25 heavy (non-hydrogen) atoms. The average Bonchev–Trinajstić information content (AvgIpc) is 3.05. The van der Waals surface area contributed by atoms with Gasteiger partial charge in [0.25, 0.3) is 5.91 Å². The minimum atomic E-state index is -0.168. The molecule has 2 aliphatic heterocycles. The van der Waals surface area contributed by atoms with E-state index in [0.29, 0.717) is 25.5 Å². The van der Waals surface area contributed by atoms with E-state index in [1.165, 1.54) is 0 Å². The molecule has 0 radical (unpaired) electrons. The van der Waals surface area contributed by atoms with Crippen LogP contribution in [0.1, 0.15) is 40.3 Å². The molecule has 134 valence electrons. The number of hydrogen-bond acceptors (Lipinski definition) is 5. The van der Waals surface area contributed by atoms with Crippen LogP contribution in [0.3, 0.4) is 0 Å². The molecule has 4 rings (SSSR count). The fourth-order valence-corrected chi connectivity index (χ4v) is 3.09. The van der Waals surface area contributed by atoms with Crippen LogP contribution in [0.2, 0.25) is 0 Å². The first-order chi connectivity index (χ1) is 11.7. The zero-order chi connectivity index (χ0) is 16.5. The molecule has 3 N–H and O–H groups in total. The predicted octanol–water partition coefficient (Wildman–Crippen LogP) is 1.74. The quantitative estimate of drug-likeness (QED) is 0.772. The topological polar surface area (TPSA) is 88.3 Å². The van der Waals surface area contributed by atoms with Gasteiger partial charge in [0.1, 0.15) is 13.2 Å². The summed E-state index contributed by atoms with van der Waals surface area (Å²) in [6, 6.07) is 5.59. The molecule has 0 bridgehead atoms. The van der Waals surface area contributed by atoms with Crippen LogP contribution in [0.5, 0.6) is 11.5 Å². The molecular formula is C17H21ClN4O3. The summed E-state index contributed by atoms with van der Waals surface area (Å²) < 4.78 is 11.1. The highest BCUT2D eigenvalue weighted by Crippen LogP contribution is 2.32. The molecule has 1 amide bonds. The Morgan fingerprint density at radius 2 is 2.08 bits per heavy atom. The van der Waals surface area contributed by atoms with Gasteiger partial charge in [0, 0.05) is 30.8 Å². The van der Waals surface area contributed by atoms with Crippen LogP contribution in [0.4, 0.5) is 0 Å². The molecule has 2 aromatic rings. The van der Waals surface area contributed by atoms with Gasteiger partial charge in [-0.2, -0.15) is 5.10 Å². The maximum Gasteiger partial charge on any atom is 0.272 e. The van der Waals surface area contributed by atoms with Crippen LogP contribution in [-0.2, 0) is 13.0 Å². The van der Waals surface area contributed by atoms with Gasteiger partial charge in [0.2, 0.25) is 0 Å². The number of carbonyl (C=O) groups excluding carboxylic acids is 1. The van der Waals surface area contributed by atoms with E-state index in [-0.39, 0.29) is 24.4 Å². The van der Waals surface area contributed by atoms with Gasteiger partial charge in [-0.05, 0) is 24.6 Å². The molecule has 0 saturated carbocycles. The number of nitrogens with one attached hydrogen (secondary N) is 3. The minimum Gasteiger partial charge on any atom is -0.486 e. The van der Waals surface area contributed by atoms with E-state index in [4.69, 9.17) is 9.47 Å². The molecule has 0 aliphatic carbocycles. The Balaban J connectivity index is 0.00000182. The van der Waals surface area contributed by atoms with Gasteiger partial charge in [-0.25, -0.2) is 0 Å². The Labute approximate surface area is 151 Å². The molecule has 1 aromatic heterocycles. The van der Waals surface area contributed by atoms with Crippen molar-refractivity contribution in [1.82, 2.24) is 20.8 Å². The number of aromatic amines is 1. The van der Waals surface area contributed by atoms with Crippen LogP contribution in [0.15, 0.2) is 18.2 Å². The lowest BCUT2D eigenvalue weighted by atomic mass is 10.0. The zero-order valence-corrected chi connectivity index (χ0v) is 14.7. The maximum absolute atomic E-state index is 12.6. The fourth-order valence-electron chi connectivity index (χ4n) is 3.09. The summed E-state index contributed by atoms with van der Waals surface area (Å²) in [7, 11) is 0. The lowest BCUT2D eigenvalue weighted by Crippen LogP contribution is -2.30. The largest absolute Gasteiger partial charge is 0.486 e. The number of hydrogen-bond donors (Lipinski definition) is 3. The van der Waals surface area contributed by atoms with Gasteiger partial charge in [-0.1, -0.05) is 6.07 Å². The Morgan fingerprint density at radius 1 is 1.28 bits per heavy atom. The molecule has 7 nitrogen and oxygen atoms in total. The van der Waals surface area contributed by atoms with Crippen molar-refractivity contribution in [2.24, 2.45) is 0 Å². The SMILES string of the molecule is CC(NC(=O)c1n[nH]c2c1CNCC2)c1ccc2c(c1)OCCO2.Cl. The monoisotopic (exact) mass is 364 g/mol. The van der Waals surface area contributed by atoms with Crippen molar-refractivity contribution in [2.75, 3.05) is 19.8 Å². The van der Waals surface area contributed by atoms with E-state index in [1.807, 2.05) is 25.1 Å². The Kier molecular flexibility index (Phi) is 5.15. The highest BCUT2D eigenvalue weighted by molar-refractivity contribution is 5.94. The van der Waals surface area contributed by atoms with Crippen molar-refractivity contribution >= 4 is 18.3 Å². The summed E-state index contributed by atoms with van der Waals surface area (Å²) in [5.74, 6) is 1.30. The normalized spacial score (nSPS) is 16.4. The van der Waals surface area contributed by atoms with Crippen molar-refractivity contribution < 1.29 is 14.3 Å². The van der Waals surface area contributed by atoms with E-state index < -0.39 is 0 Å². The maximum atomic E-state index is 12.6. The van der Waals surface area contributed by atoms with Gasteiger partial charge < -0.3 is 20.1 Å². The molecule has 2 aliphatic rings. The standard InChI is InChI=1S/C17H20N4O3.ClH/c1-10(11-2-3-14-15(8-11)24-7-6-23-14)19-17(22)16-12-9-18-5-4-13(12)20-21-16;/h2-3,8,10,18H,4-7,9H2,1H3,(H,19,22)(H,20,21);1H. The number of H-pyrrole nitrogens is 1. The van der Waals surface area contributed by atoms with E-state index in [9.17, 15) is 4.79 Å². The third-order valence-corrected chi connectivity index (χ3v) is 4.44. The number of ether oxygens (including phenoxy) is 2. The second kappa shape index (κ2) is 7.33. The molecule has 0 fully saturated rings. The second-order valence-corrected chi connectivity index (χ2v) is 6.05. The first-order valence-electron chi connectivity index (χ1n) is 8.19. The van der Waals surface area contributed by atoms with Gasteiger partial charge in [0.15, 0.2) is 17.2 Å². The summed E-state index contributed by atoms with van der Waals surface area (Å²) in [4.78, 5) is 12.6. The third kappa shape index (κ3) is 3.43. The van der Waals surface area contributed by atoms with Crippen LogP contribution in [-0.4, -0.2) is 35.9 Å². The molecule has 0 saturated heterocycles. The Bertz CT molecular complexity index is 777. The number of carbonyl (C=O) groups is 1. The fraction of sp³-hybridized carbons (Fsp3) is 0.412. The molecule has 1 unspecified atom stereocenters. The van der Waals surface area contributed by atoms with Gasteiger partial charge in [-0.15, -0.1) is 12.4 Å². The molecule has 1 atom stereocenters. The zero-order valence-electron chi connectivity index (χ0n) is 13.9. The first-order valence-corrected chi connectivity index (χ1v) is 8.19. The lowest BCUT2D eigenvalue weighted by Gasteiger charge is -2.21. The molecule has 3 heterocycles. The van der Waals surface area contributed by atoms with Crippen molar-refractivity contribution in [3.63, 3.8) is 0 Å². The summed E-state index contributed by atoms with van der Waals surface area (Å²) in [6.45, 7) is 4.64. The number of fused-ring (bicyclic) bond motifs is 2. The summed E-state index contributed by atoms with van der Waals surface area (Å²) in [6.07, 6.45) is 0.868. The molecular weight excluding hydrogens is 344 g/mol.